The molecule has 0 aromatic heterocycles. The molecule has 0 spiro atoms. The van der Waals surface area contributed by atoms with Gasteiger partial charge in [-0.1, -0.05) is 13.0 Å². The predicted molar refractivity (Wildman–Crippen MR) is 59.3 cm³/mol. The van der Waals surface area contributed by atoms with E-state index >= 15 is 0 Å². The lowest BCUT2D eigenvalue weighted by atomic mass is 10.1. The van der Waals surface area contributed by atoms with Crippen LogP contribution in [0, 0.1) is 17.1 Å². The summed E-state index contributed by atoms with van der Waals surface area (Å²) in [5.41, 5.74) is 6.44. The molecule has 2 N–H and O–H groups in total. The summed E-state index contributed by atoms with van der Waals surface area (Å²) in [4.78, 5) is 0. The van der Waals surface area contributed by atoms with Crippen molar-refractivity contribution >= 4 is 0 Å². The molecule has 1 unspecified atom stereocenters. The highest BCUT2D eigenvalue weighted by Gasteiger charge is 2.13. The van der Waals surface area contributed by atoms with Crippen LogP contribution in [0.15, 0.2) is 18.2 Å². The smallest absolute Gasteiger partial charge is 0.184 e. The fourth-order valence-corrected chi connectivity index (χ4v) is 1.34. The Labute approximate surface area is 94.6 Å². The molecule has 0 saturated heterocycles. The number of nitrogens with zero attached hydrogens (tertiary/aromatic N) is 1. The van der Waals surface area contributed by atoms with Gasteiger partial charge < -0.3 is 10.5 Å². The summed E-state index contributed by atoms with van der Waals surface area (Å²) in [5, 5.41) is 8.79. The van der Waals surface area contributed by atoms with Crippen molar-refractivity contribution in [3.05, 3.63) is 29.6 Å². The molecule has 4 heteroatoms. The maximum Gasteiger partial charge on any atom is 0.184 e. The first-order valence-electron chi connectivity index (χ1n) is 5.19. The molecule has 0 radical (unpaired) electrons. The average molecular weight is 222 g/mol. The third-order valence-electron chi connectivity index (χ3n) is 2.25. The largest absolute Gasteiger partial charge is 0.475 e. The van der Waals surface area contributed by atoms with Gasteiger partial charge in [0.05, 0.1) is 0 Å². The van der Waals surface area contributed by atoms with Crippen LogP contribution in [0.2, 0.25) is 0 Å². The molecule has 1 aromatic rings. The number of halogens is 1. The molecule has 0 aliphatic carbocycles. The molecule has 1 rings (SSSR count). The quantitative estimate of drug-likeness (QED) is 0.851. The van der Waals surface area contributed by atoms with Crippen molar-refractivity contribution in [2.45, 2.75) is 32.4 Å². The third-order valence-corrected chi connectivity index (χ3v) is 2.25. The number of rotatable bonds is 4. The number of hydrogen-bond acceptors (Lipinski definition) is 3. The minimum Gasteiger partial charge on any atom is -0.475 e. The van der Waals surface area contributed by atoms with Gasteiger partial charge in [0, 0.05) is 17.7 Å². The number of nitriles is 1. The minimum absolute atomic E-state index is 0.258. The molecule has 86 valence electrons. The summed E-state index contributed by atoms with van der Waals surface area (Å²) in [5.74, 6) is -0.0457. The molecule has 16 heavy (non-hydrogen) atoms. The van der Waals surface area contributed by atoms with E-state index < -0.39 is 11.9 Å². The summed E-state index contributed by atoms with van der Waals surface area (Å²) in [6.07, 6.45) is -0.0231. The second-order valence-electron chi connectivity index (χ2n) is 3.61. The molecule has 0 aliphatic heterocycles. The standard InChI is InChI=1S/C12H15FN2O/c1-3-10(7-14)16-12-6-9(13)4-5-11(12)8(2)15/h4-6,8,10H,3,15H2,1-2H3/t8-,10?/m1/s1. The van der Waals surface area contributed by atoms with Crippen LogP contribution in [0.3, 0.4) is 0 Å². The van der Waals surface area contributed by atoms with Crippen molar-refractivity contribution < 1.29 is 9.13 Å². The summed E-state index contributed by atoms with van der Waals surface area (Å²) < 4.78 is 18.5. The Morgan fingerprint density at radius 2 is 2.25 bits per heavy atom. The van der Waals surface area contributed by atoms with Gasteiger partial charge >= 0.3 is 0 Å². The van der Waals surface area contributed by atoms with Crippen LogP contribution in [0.4, 0.5) is 4.39 Å². The first-order valence-corrected chi connectivity index (χ1v) is 5.19. The number of nitrogens with two attached hydrogens (primary N) is 1. The van der Waals surface area contributed by atoms with E-state index in [-0.39, 0.29) is 6.04 Å². The molecule has 2 atom stereocenters. The van der Waals surface area contributed by atoms with E-state index in [1.165, 1.54) is 12.1 Å². The summed E-state index contributed by atoms with van der Waals surface area (Å²) >= 11 is 0. The van der Waals surface area contributed by atoms with E-state index in [4.69, 9.17) is 15.7 Å². The zero-order valence-corrected chi connectivity index (χ0v) is 9.40. The monoisotopic (exact) mass is 222 g/mol. The molecule has 0 saturated carbocycles. The average Bonchev–Trinajstić information content (AvgIpc) is 2.25. The summed E-state index contributed by atoms with van der Waals surface area (Å²) in [6, 6.07) is 5.92. The Bertz CT molecular complexity index is 398. The number of hydrogen-bond donors (Lipinski definition) is 1. The van der Waals surface area contributed by atoms with Crippen molar-refractivity contribution in [1.29, 1.82) is 5.26 Å². The maximum atomic E-state index is 13.1. The maximum absolute atomic E-state index is 13.1. The van der Waals surface area contributed by atoms with E-state index in [0.717, 1.165) is 0 Å². The van der Waals surface area contributed by atoms with Gasteiger partial charge in [-0.05, 0) is 19.4 Å². The molecule has 0 aliphatic rings. The van der Waals surface area contributed by atoms with Crippen molar-refractivity contribution in [1.82, 2.24) is 0 Å². The molecule has 0 bridgehead atoms. The van der Waals surface area contributed by atoms with E-state index in [1.807, 2.05) is 13.0 Å². The zero-order valence-electron chi connectivity index (χ0n) is 9.40. The van der Waals surface area contributed by atoms with Crippen LogP contribution in [0.25, 0.3) is 0 Å². The number of ether oxygens (including phenoxy) is 1. The zero-order chi connectivity index (χ0) is 12.1. The molecule has 0 heterocycles. The SMILES string of the molecule is CCC(C#N)Oc1cc(F)ccc1[C@@H](C)N. The van der Waals surface area contributed by atoms with E-state index in [0.29, 0.717) is 17.7 Å². The first-order chi connectivity index (χ1) is 7.58. The highest BCUT2D eigenvalue weighted by Crippen LogP contribution is 2.26. The fraction of sp³-hybridized carbons (Fsp3) is 0.417. The second kappa shape index (κ2) is 5.47. The lowest BCUT2D eigenvalue weighted by Crippen LogP contribution is -2.15. The van der Waals surface area contributed by atoms with Gasteiger partial charge in [0.15, 0.2) is 6.10 Å². The van der Waals surface area contributed by atoms with E-state index in [2.05, 4.69) is 0 Å². The van der Waals surface area contributed by atoms with Gasteiger partial charge in [0.25, 0.3) is 0 Å². The topological polar surface area (TPSA) is 59.0 Å². The molecule has 0 fully saturated rings. The van der Waals surface area contributed by atoms with Crippen molar-refractivity contribution in [3.63, 3.8) is 0 Å². The highest BCUT2D eigenvalue weighted by molar-refractivity contribution is 5.36. The molecule has 1 aromatic carbocycles. The molecular formula is C12H15FN2O. The van der Waals surface area contributed by atoms with Crippen LogP contribution in [-0.2, 0) is 0 Å². The van der Waals surface area contributed by atoms with E-state index in [9.17, 15) is 4.39 Å². The lowest BCUT2D eigenvalue weighted by Gasteiger charge is -2.16. The van der Waals surface area contributed by atoms with Gasteiger partial charge in [-0.3, -0.25) is 0 Å². The van der Waals surface area contributed by atoms with Gasteiger partial charge in [-0.25, -0.2) is 4.39 Å². The first kappa shape index (κ1) is 12.5. The minimum atomic E-state index is -0.570. The van der Waals surface area contributed by atoms with Gasteiger partial charge in [-0.2, -0.15) is 5.26 Å². The van der Waals surface area contributed by atoms with Crippen molar-refractivity contribution in [2.24, 2.45) is 5.73 Å². The molecule has 3 nitrogen and oxygen atoms in total. The van der Waals surface area contributed by atoms with E-state index in [1.54, 1.807) is 13.0 Å². The summed E-state index contributed by atoms with van der Waals surface area (Å²) in [7, 11) is 0. The Kier molecular flexibility index (Phi) is 4.27. The molecular weight excluding hydrogens is 207 g/mol. The van der Waals surface area contributed by atoms with Crippen molar-refractivity contribution in [2.75, 3.05) is 0 Å². The Hall–Kier alpha value is -1.60. The Morgan fingerprint density at radius 3 is 2.75 bits per heavy atom. The normalized spacial score (nSPS) is 13.9. The second-order valence-corrected chi connectivity index (χ2v) is 3.61. The van der Waals surface area contributed by atoms with Crippen LogP contribution in [0.1, 0.15) is 31.9 Å². The van der Waals surface area contributed by atoms with Crippen molar-refractivity contribution in [3.8, 4) is 11.8 Å². The van der Waals surface area contributed by atoms with Crippen LogP contribution >= 0.6 is 0 Å². The Morgan fingerprint density at radius 1 is 1.56 bits per heavy atom. The van der Waals surface area contributed by atoms with Crippen LogP contribution in [0.5, 0.6) is 5.75 Å². The fourth-order valence-electron chi connectivity index (χ4n) is 1.34. The predicted octanol–water partition coefficient (Wildman–Crippen LogP) is 2.53. The van der Waals surface area contributed by atoms with Gasteiger partial charge in [0.1, 0.15) is 17.6 Å². The third kappa shape index (κ3) is 2.94. The Balaban J connectivity index is 3.01. The lowest BCUT2D eigenvalue weighted by molar-refractivity contribution is 0.247. The molecule has 0 amide bonds. The van der Waals surface area contributed by atoms with Gasteiger partial charge in [-0.15, -0.1) is 0 Å². The number of benzene rings is 1. The highest BCUT2D eigenvalue weighted by atomic mass is 19.1. The summed E-state index contributed by atoms with van der Waals surface area (Å²) in [6.45, 7) is 3.62. The van der Waals surface area contributed by atoms with Crippen LogP contribution < -0.4 is 10.5 Å². The van der Waals surface area contributed by atoms with Crippen LogP contribution in [-0.4, -0.2) is 6.10 Å². The van der Waals surface area contributed by atoms with Gasteiger partial charge in [0.2, 0.25) is 0 Å².